The van der Waals surface area contributed by atoms with Crippen LogP contribution in [0, 0.1) is 0 Å². The van der Waals surface area contributed by atoms with Gasteiger partial charge in [0, 0.05) is 11.8 Å². The fraction of sp³-hybridized carbons (Fsp3) is 0.667. The minimum atomic E-state index is -4.82. The van der Waals surface area contributed by atoms with Crippen LogP contribution in [0.1, 0.15) is 51.9 Å². The third-order valence-electron chi connectivity index (χ3n) is 4.43. The zero-order chi connectivity index (χ0) is 16.6. The van der Waals surface area contributed by atoms with E-state index in [1.54, 1.807) is 6.20 Å². The van der Waals surface area contributed by atoms with Gasteiger partial charge in [0.2, 0.25) is 0 Å². The number of halogens is 3. The first-order valence-electron chi connectivity index (χ1n) is 7.25. The summed E-state index contributed by atoms with van der Waals surface area (Å²) < 4.78 is 39.6. The van der Waals surface area contributed by atoms with E-state index >= 15 is 0 Å². The maximum absolute atomic E-state index is 12.6. The molecule has 0 amide bonds. The molecule has 0 saturated heterocycles. The molecule has 1 aromatic heterocycles. The zero-order valence-corrected chi connectivity index (χ0v) is 14.5. The first-order chi connectivity index (χ1) is 9.45. The molecule has 6 heteroatoms. The fourth-order valence-electron chi connectivity index (χ4n) is 3.83. The van der Waals surface area contributed by atoms with Crippen LogP contribution in [0.25, 0.3) is 0 Å². The van der Waals surface area contributed by atoms with Gasteiger partial charge >= 0.3 is 6.18 Å². The van der Waals surface area contributed by atoms with E-state index in [1.807, 2.05) is 4.23 Å². The summed E-state index contributed by atoms with van der Waals surface area (Å²) in [6.45, 7) is 12.7. The number of hydrogen-bond donors (Lipinski definition) is 0. The second-order valence-corrected chi connectivity index (χ2v) is 12.2. The molecule has 21 heavy (non-hydrogen) atoms. The van der Waals surface area contributed by atoms with Gasteiger partial charge in [-0.3, -0.25) is 4.79 Å². The minimum Gasteiger partial charge on any atom is -0.379 e. The number of rotatable bonds is 5. The number of carbonyl (C=O) groups excluding carboxylic acids is 1. The number of aromatic nitrogens is 1. The molecule has 0 aliphatic heterocycles. The van der Waals surface area contributed by atoms with Crippen LogP contribution in [0.4, 0.5) is 13.2 Å². The highest BCUT2D eigenvalue weighted by Gasteiger charge is 2.46. The van der Waals surface area contributed by atoms with Crippen molar-refractivity contribution in [2.75, 3.05) is 0 Å². The molecular weight excluding hydrogens is 295 g/mol. The second-order valence-electron chi connectivity index (χ2n) is 6.49. The van der Waals surface area contributed by atoms with Gasteiger partial charge in [0.25, 0.3) is 5.78 Å². The molecule has 0 aliphatic rings. The van der Waals surface area contributed by atoms with Gasteiger partial charge < -0.3 is 4.23 Å². The van der Waals surface area contributed by atoms with Crippen molar-refractivity contribution in [2.24, 2.45) is 0 Å². The van der Waals surface area contributed by atoms with E-state index in [-0.39, 0.29) is 5.56 Å². The van der Waals surface area contributed by atoms with Crippen LogP contribution in [-0.4, -0.2) is 24.4 Å². The van der Waals surface area contributed by atoms with Gasteiger partial charge in [-0.15, -0.1) is 0 Å². The van der Waals surface area contributed by atoms with Crippen molar-refractivity contribution in [3.63, 3.8) is 0 Å². The Morgan fingerprint density at radius 3 is 1.81 bits per heavy atom. The molecule has 2 nitrogen and oxygen atoms in total. The number of carbonyl (C=O) groups is 1. The SMILES string of the molecule is CC(C)[Si](C(C)C)(C(C)C)n1ccc(C(=O)C(F)(F)F)c1. The van der Waals surface area contributed by atoms with Crippen LogP contribution >= 0.6 is 0 Å². The van der Waals surface area contributed by atoms with Crippen LogP contribution in [0.15, 0.2) is 18.5 Å². The monoisotopic (exact) mass is 319 g/mol. The normalized spacial score (nSPS) is 13.5. The number of ketones is 1. The van der Waals surface area contributed by atoms with Crippen molar-refractivity contribution >= 4 is 14.0 Å². The van der Waals surface area contributed by atoms with Crippen molar-refractivity contribution in [3.8, 4) is 0 Å². The van der Waals surface area contributed by atoms with Crippen molar-refractivity contribution in [1.29, 1.82) is 0 Å². The van der Waals surface area contributed by atoms with Crippen molar-refractivity contribution < 1.29 is 18.0 Å². The summed E-state index contributed by atoms with van der Waals surface area (Å²) in [5.74, 6) is -1.76. The van der Waals surface area contributed by atoms with Gasteiger partial charge in [0.15, 0.2) is 8.24 Å². The molecular formula is C15H24F3NOSi. The third kappa shape index (κ3) is 3.10. The van der Waals surface area contributed by atoms with E-state index < -0.39 is 20.2 Å². The van der Waals surface area contributed by atoms with E-state index in [2.05, 4.69) is 41.5 Å². The molecule has 120 valence electrons. The highest BCUT2D eigenvalue weighted by molar-refractivity contribution is 6.82. The van der Waals surface area contributed by atoms with Gasteiger partial charge in [-0.2, -0.15) is 13.2 Å². The Balaban J connectivity index is 3.37. The lowest BCUT2D eigenvalue weighted by Gasteiger charge is -2.44. The van der Waals surface area contributed by atoms with Crippen LogP contribution in [0.2, 0.25) is 16.6 Å². The average Bonchev–Trinajstić information content (AvgIpc) is 2.75. The number of nitrogens with zero attached hydrogens (tertiary/aromatic N) is 1. The number of hydrogen-bond acceptors (Lipinski definition) is 1. The van der Waals surface area contributed by atoms with Gasteiger partial charge in [-0.05, 0) is 28.9 Å². The maximum atomic E-state index is 12.6. The minimum absolute atomic E-state index is 0.263. The van der Waals surface area contributed by atoms with Crippen molar-refractivity contribution in [3.05, 3.63) is 24.0 Å². The first-order valence-corrected chi connectivity index (χ1v) is 9.43. The van der Waals surface area contributed by atoms with Crippen LogP contribution in [0.5, 0.6) is 0 Å². The largest absolute Gasteiger partial charge is 0.454 e. The molecule has 1 heterocycles. The smallest absolute Gasteiger partial charge is 0.379 e. The second kappa shape index (κ2) is 5.99. The molecule has 0 saturated carbocycles. The molecule has 0 N–H and O–H groups in total. The Morgan fingerprint density at radius 2 is 1.48 bits per heavy atom. The molecule has 1 rings (SSSR count). The van der Waals surface area contributed by atoms with E-state index in [9.17, 15) is 18.0 Å². The van der Waals surface area contributed by atoms with Crippen molar-refractivity contribution in [2.45, 2.75) is 64.3 Å². The molecule has 0 bridgehead atoms. The van der Waals surface area contributed by atoms with Gasteiger partial charge in [0.1, 0.15) is 0 Å². The van der Waals surface area contributed by atoms with E-state index in [1.165, 1.54) is 12.3 Å². The Bertz CT molecular complexity index is 481. The molecule has 0 aliphatic carbocycles. The predicted octanol–water partition coefficient (Wildman–Crippen LogP) is 5.26. The van der Waals surface area contributed by atoms with Gasteiger partial charge in [-0.25, -0.2) is 0 Å². The highest BCUT2D eigenvalue weighted by Crippen LogP contribution is 2.42. The Hall–Kier alpha value is -1.04. The number of alkyl halides is 3. The summed E-state index contributed by atoms with van der Waals surface area (Å²) in [6.07, 6.45) is -1.75. The summed E-state index contributed by atoms with van der Waals surface area (Å²) in [4.78, 5) is 11.4. The summed E-state index contributed by atoms with van der Waals surface area (Å²) in [6, 6.07) is 1.30. The maximum Gasteiger partial charge on any atom is 0.454 e. The Morgan fingerprint density at radius 1 is 1.05 bits per heavy atom. The third-order valence-corrected chi connectivity index (χ3v) is 11.2. The molecule has 0 aromatic carbocycles. The standard InChI is InChI=1S/C15H24F3NOSi/c1-10(2)21(11(3)4,12(5)6)19-8-7-13(9-19)14(20)15(16,17)18/h7-12H,1-6H3. The lowest BCUT2D eigenvalue weighted by molar-refractivity contribution is -0.0885. The van der Waals surface area contributed by atoms with Crippen molar-refractivity contribution in [1.82, 2.24) is 4.23 Å². The highest BCUT2D eigenvalue weighted by atomic mass is 28.3. The predicted molar refractivity (Wildman–Crippen MR) is 81.3 cm³/mol. The van der Waals surface area contributed by atoms with Crippen LogP contribution in [0.3, 0.4) is 0 Å². The molecule has 0 fully saturated rings. The van der Waals surface area contributed by atoms with E-state index in [4.69, 9.17) is 0 Å². The lowest BCUT2D eigenvalue weighted by atomic mass is 10.2. The first kappa shape index (κ1) is 18.0. The fourth-order valence-corrected chi connectivity index (χ4v) is 10.3. The van der Waals surface area contributed by atoms with Crippen LogP contribution < -0.4 is 0 Å². The molecule has 1 aromatic rings. The van der Waals surface area contributed by atoms with E-state index in [0.717, 1.165) is 0 Å². The Kier molecular flexibility index (Phi) is 5.13. The quantitative estimate of drug-likeness (QED) is 0.536. The molecule has 0 atom stereocenters. The topological polar surface area (TPSA) is 22.0 Å². The van der Waals surface area contributed by atoms with Gasteiger partial charge in [0.05, 0.1) is 0 Å². The summed E-state index contributed by atoms with van der Waals surface area (Å²) in [5, 5.41) is 0. The number of Topliss-reactive ketones (excluding diaryl/α,β-unsaturated/α-hetero) is 1. The van der Waals surface area contributed by atoms with Gasteiger partial charge in [-0.1, -0.05) is 41.5 Å². The lowest BCUT2D eigenvalue weighted by Crippen LogP contribution is -2.51. The average molecular weight is 319 g/mol. The molecule has 0 radical (unpaired) electrons. The summed E-state index contributed by atoms with van der Waals surface area (Å²) in [7, 11) is -2.09. The molecule has 0 unspecified atom stereocenters. The summed E-state index contributed by atoms with van der Waals surface area (Å²) in [5.41, 5.74) is 0.817. The Labute approximate surface area is 125 Å². The van der Waals surface area contributed by atoms with E-state index in [0.29, 0.717) is 16.6 Å². The van der Waals surface area contributed by atoms with Crippen LogP contribution in [-0.2, 0) is 0 Å². The molecule has 0 spiro atoms. The zero-order valence-electron chi connectivity index (χ0n) is 13.5. The summed E-state index contributed by atoms with van der Waals surface area (Å²) >= 11 is 0.